The number of carboxylic acid groups (broad SMARTS) is 1. The Hall–Kier alpha value is -2.32. The topological polar surface area (TPSA) is 125 Å². The van der Waals surface area contributed by atoms with Crippen molar-refractivity contribution in [3.05, 3.63) is 0 Å². The maximum atomic E-state index is 12.8. The van der Waals surface area contributed by atoms with Crippen LogP contribution < -0.4 is 10.6 Å². The first-order valence-corrected chi connectivity index (χ1v) is 11.7. The van der Waals surface area contributed by atoms with Crippen LogP contribution in [0.1, 0.15) is 73.1 Å². The Morgan fingerprint density at radius 3 is 2.22 bits per heavy atom. The van der Waals surface area contributed by atoms with Crippen LogP contribution in [-0.2, 0) is 19.1 Å². The number of alkyl carbamates (subject to hydrolysis) is 1. The van der Waals surface area contributed by atoms with E-state index in [1.807, 2.05) is 13.8 Å². The number of carboxylic acids is 1. The Kier molecular flexibility index (Phi) is 8.92. The Bertz CT molecular complexity index is 694. The van der Waals surface area contributed by atoms with Gasteiger partial charge in [-0.05, 0) is 71.1 Å². The highest BCUT2D eigenvalue weighted by atomic mass is 16.6. The summed E-state index contributed by atoms with van der Waals surface area (Å²) in [7, 11) is 0. The molecule has 9 nitrogen and oxygen atoms in total. The number of carbonyl (C=O) groups excluding carboxylic acids is 3. The molecule has 1 heterocycles. The van der Waals surface area contributed by atoms with Gasteiger partial charge in [-0.1, -0.05) is 13.8 Å². The summed E-state index contributed by atoms with van der Waals surface area (Å²) in [5.74, 6) is -1.19. The van der Waals surface area contributed by atoms with Crippen molar-refractivity contribution in [3.63, 3.8) is 0 Å². The van der Waals surface area contributed by atoms with E-state index in [0.29, 0.717) is 32.4 Å². The second-order valence-electron chi connectivity index (χ2n) is 10.4. The summed E-state index contributed by atoms with van der Waals surface area (Å²) in [6.07, 6.45) is 3.64. The van der Waals surface area contributed by atoms with Gasteiger partial charge in [-0.25, -0.2) is 9.59 Å². The van der Waals surface area contributed by atoms with Gasteiger partial charge in [0.15, 0.2) is 0 Å². The number of hydrogen-bond acceptors (Lipinski definition) is 5. The number of likely N-dealkylation sites (tertiary alicyclic amines) is 1. The molecule has 32 heavy (non-hydrogen) atoms. The Morgan fingerprint density at radius 1 is 1.06 bits per heavy atom. The first-order chi connectivity index (χ1) is 14.9. The van der Waals surface area contributed by atoms with Crippen molar-refractivity contribution in [1.29, 1.82) is 0 Å². The summed E-state index contributed by atoms with van der Waals surface area (Å²) in [6, 6.07) is -1.38. The summed E-state index contributed by atoms with van der Waals surface area (Å²) in [5, 5.41) is 14.9. The highest BCUT2D eigenvalue weighted by molar-refractivity contribution is 5.86. The van der Waals surface area contributed by atoms with Crippen LogP contribution in [0.4, 0.5) is 4.79 Å². The van der Waals surface area contributed by atoms with Crippen molar-refractivity contribution in [2.24, 2.45) is 17.8 Å². The average molecular weight is 454 g/mol. The first-order valence-electron chi connectivity index (χ1n) is 11.7. The van der Waals surface area contributed by atoms with E-state index in [0.717, 1.165) is 19.3 Å². The van der Waals surface area contributed by atoms with E-state index in [2.05, 4.69) is 10.6 Å². The van der Waals surface area contributed by atoms with E-state index in [1.54, 1.807) is 20.8 Å². The fourth-order valence-corrected chi connectivity index (χ4v) is 4.46. The number of nitrogens with one attached hydrogen (secondary N) is 2. The Labute approximate surface area is 190 Å². The fraction of sp³-hybridized carbons (Fsp3) is 0.826. The van der Waals surface area contributed by atoms with Gasteiger partial charge in [-0.2, -0.15) is 0 Å². The summed E-state index contributed by atoms with van der Waals surface area (Å²) in [4.78, 5) is 50.4. The van der Waals surface area contributed by atoms with E-state index in [9.17, 15) is 24.3 Å². The molecule has 2 rings (SSSR count). The molecule has 1 aliphatic heterocycles. The van der Waals surface area contributed by atoms with E-state index in [4.69, 9.17) is 4.74 Å². The molecule has 1 aliphatic carbocycles. The van der Waals surface area contributed by atoms with Crippen molar-refractivity contribution in [2.45, 2.75) is 90.8 Å². The molecule has 0 radical (unpaired) electrons. The second-order valence-corrected chi connectivity index (χ2v) is 10.4. The maximum absolute atomic E-state index is 12.8. The lowest BCUT2D eigenvalue weighted by Crippen LogP contribution is -2.51. The second kappa shape index (κ2) is 11.0. The molecule has 0 aromatic heterocycles. The number of nitrogens with zero attached hydrogens (tertiary/aromatic N) is 1. The lowest BCUT2D eigenvalue weighted by molar-refractivity contribution is -0.150. The van der Waals surface area contributed by atoms with Gasteiger partial charge < -0.3 is 25.4 Å². The van der Waals surface area contributed by atoms with Crippen LogP contribution in [0.2, 0.25) is 0 Å². The summed E-state index contributed by atoms with van der Waals surface area (Å²) >= 11 is 0. The quantitative estimate of drug-likeness (QED) is 0.544. The number of ether oxygens (including phenoxy) is 1. The molecule has 0 spiro atoms. The molecule has 0 unspecified atom stereocenters. The number of aliphatic carboxylic acids is 1. The van der Waals surface area contributed by atoms with Crippen LogP contribution in [0.5, 0.6) is 0 Å². The van der Waals surface area contributed by atoms with E-state index in [-0.39, 0.29) is 29.6 Å². The zero-order chi connectivity index (χ0) is 24.1. The van der Waals surface area contributed by atoms with Crippen molar-refractivity contribution < 1.29 is 29.0 Å². The highest BCUT2D eigenvalue weighted by Crippen LogP contribution is 2.32. The SMILES string of the molecule is CC(C)[C@@H](NC(=O)OC(C)(C)C)C(=O)NCC1CCC(C(=O)N2CCC[C@@H]2C(=O)O)CC1. The van der Waals surface area contributed by atoms with Crippen LogP contribution in [0.25, 0.3) is 0 Å². The predicted octanol–water partition coefficient (Wildman–Crippen LogP) is 2.53. The molecule has 1 saturated heterocycles. The molecule has 2 fully saturated rings. The lowest BCUT2D eigenvalue weighted by Gasteiger charge is -2.32. The van der Waals surface area contributed by atoms with Crippen LogP contribution in [0.15, 0.2) is 0 Å². The maximum Gasteiger partial charge on any atom is 0.408 e. The summed E-state index contributed by atoms with van der Waals surface area (Å²) < 4.78 is 5.26. The minimum atomic E-state index is -0.924. The molecule has 1 saturated carbocycles. The molecule has 0 bridgehead atoms. The molecule has 182 valence electrons. The van der Waals surface area contributed by atoms with Gasteiger partial charge in [0.05, 0.1) is 0 Å². The largest absolute Gasteiger partial charge is 0.480 e. The molecule has 3 amide bonds. The zero-order valence-corrected chi connectivity index (χ0v) is 20.0. The van der Waals surface area contributed by atoms with Crippen molar-refractivity contribution in [3.8, 4) is 0 Å². The fourth-order valence-electron chi connectivity index (χ4n) is 4.46. The molecule has 9 heteroatoms. The van der Waals surface area contributed by atoms with Gasteiger partial charge >= 0.3 is 12.1 Å². The normalized spacial score (nSPS) is 24.7. The number of amides is 3. The van der Waals surface area contributed by atoms with Crippen molar-refractivity contribution in [1.82, 2.24) is 15.5 Å². The monoisotopic (exact) mass is 453 g/mol. The van der Waals surface area contributed by atoms with Crippen LogP contribution in [0, 0.1) is 17.8 Å². The summed E-state index contributed by atoms with van der Waals surface area (Å²) in [5.41, 5.74) is -0.641. The van der Waals surface area contributed by atoms with E-state index < -0.39 is 29.7 Å². The molecular weight excluding hydrogens is 414 g/mol. The molecular formula is C23H39N3O6. The standard InChI is InChI=1S/C23H39N3O6/c1-14(2)18(25-22(31)32-23(3,4)5)19(27)24-13-15-8-10-16(11-9-15)20(28)26-12-6-7-17(26)21(29)30/h14-18H,6-13H2,1-5H3,(H,24,27)(H,25,31)(H,29,30)/t15?,16?,17-,18-/m1/s1. The minimum Gasteiger partial charge on any atom is -0.480 e. The Balaban J connectivity index is 1.80. The molecule has 0 aromatic rings. The average Bonchev–Trinajstić information content (AvgIpc) is 3.19. The third kappa shape index (κ3) is 7.38. The lowest BCUT2D eigenvalue weighted by atomic mass is 9.81. The van der Waals surface area contributed by atoms with Gasteiger partial charge in [0.1, 0.15) is 17.7 Å². The first kappa shape index (κ1) is 25.9. The number of rotatable bonds is 7. The molecule has 3 N–H and O–H groups in total. The third-order valence-electron chi connectivity index (χ3n) is 6.20. The van der Waals surface area contributed by atoms with Crippen LogP contribution >= 0.6 is 0 Å². The van der Waals surface area contributed by atoms with Gasteiger partial charge in [0.25, 0.3) is 0 Å². The predicted molar refractivity (Wildman–Crippen MR) is 119 cm³/mol. The zero-order valence-electron chi connectivity index (χ0n) is 20.0. The van der Waals surface area contributed by atoms with Crippen LogP contribution in [-0.4, -0.2) is 64.7 Å². The summed E-state index contributed by atoms with van der Waals surface area (Å²) in [6.45, 7) is 10.0. The minimum absolute atomic E-state index is 0.0428. The van der Waals surface area contributed by atoms with E-state index >= 15 is 0 Å². The van der Waals surface area contributed by atoms with Gasteiger partial charge in [0.2, 0.25) is 11.8 Å². The van der Waals surface area contributed by atoms with Crippen molar-refractivity contribution >= 4 is 23.9 Å². The Morgan fingerprint density at radius 2 is 1.69 bits per heavy atom. The molecule has 2 aliphatic rings. The smallest absolute Gasteiger partial charge is 0.408 e. The number of carbonyl (C=O) groups is 4. The van der Waals surface area contributed by atoms with Gasteiger partial charge in [-0.15, -0.1) is 0 Å². The molecule has 0 aromatic carbocycles. The van der Waals surface area contributed by atoms with E-state index in [1.165, 1.54) is 4.90 Å². The number of hydrogen-bond donors (Lipinski definition) is 3. The van der Waals surface area contributed by atoms with Gasteiger partial charge in [0, 0.05) is 19.0 Å². The molecule has 2 atom stereocenters. The van der Waals surface area contributed by atoms with Crippen LogP contribution in [0.3, 0.4) is 0 Å². The van der Waals surface area contributed by atoms with Crippen molar-refractivity contribution in [2.75, 3.05) is 13.1 Å². The highest BCUT2D eigenvalue weighted by Gasteiger charge is 2.38. The third-order valence-corrected chi connectivity index (χ3v) is 6.20. The van der Waals surface area contributed by atoms with Gasteiger partial charge in [-0.3, -0.25) is 9.59 Å².